The molecule has 0 fully saturated rings. The van der Waals surface area contributed by atoms with Crippen LogP contribution in [0, 0.1) is 0 Å². The van der Waals surface area contributed by atoms with E-state index in [0.717, 1.165) is 6.26 Å². The molecule has 0 N–H and O–H groups in total. The van der Waals surface area contributed by atoms with Crippen LogP contribution in [0.25, 0.3) is 0 Å². The number of carbonyl (C=O) groups excluding carboxylic acids is 1. The molecule has 1 rings (SSSR count). The fraction of sp³-hybridized carbons (Fsp3) is 0.500. The molecule has 0 bridgehead atoms. The van der Waals surface area contributed by atoms with E-state index in [4.69, 9.17) is 14.2 Å². The van der Waals surface area contributed by atoms with Crippen molar-refractivity contribution < 1.29 is 27.4 Å². The van der Waals surface area contributed by atoms with E-state index in [-0.39, 0.29) is 17.1 Å². The van der Waals surface area contributed by atoms with Crippen molar-refractivity contribution in [3.8, 4) is 17.2 Å². The molecule has 21 heavy (non-hydrogen) atoms. The van der Waals surface area contributed by atoms with Crippen LogP contribution in [-0.2, 0) is 9.84 Å². The van der Waals surface area contributed by atoms with E-state index in [1.54, 1.807) is 0 Å². The summed E-state index contributed by atoms with van der Waals surface area (Å²) in [7, 11) is 0.660. The third kappa shape index (κ3) is 2.97. The largest absolute Gasteiger partial charge is 0.493 e. The van der Waals surface area contributed by atoms with Crippen LogP contribution in [-0.4, -0.2) is 46.5 Å². The van der Waals surface area contributed by atoms with Crippen molar-refractivity contribution in [2.45, 2.75) is 18.6 Å². The molecule has 0 unspecified atom stereocenters. The summed E-state index contributed by atoms with van der Waals surface area (Å²) in [5, 5.41) is 0. The highest BCUT2D eigenvalue weighted by molar-refractivity contribution is 7.92. The van der Waals surface area contributed by atoms with Crippen LogP contribution in [0.3, 0.4) is 0 Å². The SMILES string of the molecule is COc1ccc(C(=O)C(C)(C)S(C)(=O)=O)c(OC)c1OC. The molecule has 0 aromatic heterocycles. The number of carbonyl (C=O) groups is 1. The molecule has 6 nitrogen and oxygen atoms in total. The Morgan fingerprint density at radius 1 is 1.00 bits per heavy atom. The van der Waals surface area contributed by atoms with Crippen molar-refractivity contribution >= 4 is 15.6 Å². The Hall–Kier alpha value is -1.76. The Bertz CT molecular complexity index is 646. The minimum absolute atomic E-state index is 0.130. The number of hydrogen-bond acceptors (Lipinski definition) is 6. The molecule has 0 atom stereocenters. The predicted molar refractivity (Wildman–Crippen MR) is 79.4 cm³/mol. The summed E-state index contributed by atoms with van der Waals surface area (Å²) < 4.78 is 37.6. The molecule has 118 valence electrons. The zero-order valence-electron chi connectivity index (χ0n) is 13.0. The highest BCUT2D eigenvalue weighted by atomic mass is 32.2. The normalized spacial score (nSPS) is 11.9. The first kappa shape index (κ1) is 17.3. The second-order valence-electron chi connectivity index (χ2n) is 4.99. The third-order valence-electron chi connectivity index (χ3n) is 3.42. The van der Waals surface area contributed by atoms with Crippen LogP contribution >= 0.6 is 0 Å². The van der Waals surface area contributed by atoms with E-state index in [1.165, 1.54) is 47.3 Å². The molecule has 0 aliphatic carbocycles. The maximum atomic E-state index is 12.6. The second kappa shape index (κ2) is 5.93. The van der Waals surface area contributed by atoms with Crippen molar-refractivity contribution in [1.82, 2.24) is 0 Å². The average molecular weight is 316 g/mol. The molecule has 0 radical (unpaired) electrons. The number of ether oxygens (including phenoxy) is 3. The van der Waals surface area contributed by atoms with Crippen molar-refractivity contribution in [3.05, 3.63) is 17.7 Å². The first-order valence-electron chi connectivity index (χ1n) is 6.15. The van der Waals surface area contributed by atoms with Gasteiger partial charge in [-0.25, -0.2) is 8.42 Å². The van der Waals surface area contributed by atoms with Crippen LogP contribution in [0.5, 0.6) is 17.2 Å². The lowest BCUT2D eigenvalue weighted by molar-refractivity contribution is 0.0950. The number of ketones is 1. The highest BCUT2D eigenvalue weighted by Crippen LogP contribution is 2.41. The Balaban J connectivity index is 3.55. The van der Waals surface area contributed by atoms with Crippen molar-refractivity contribution in [1.29, 1.82) is 0 Å². The lowest BCUT2D eigenvalue weighted by Crippen LogP contribution is -2.40. The molecule has 1 aromatic rings. The van der Waals surface area contributed by atoms with E-state index >= 15 is 0 Å². The van der Waals surface area contributed by atoms with E-state index in [2.05, 4.69) is 0 Å². The lowest BCUT2D eigenvalue weighted by Gasteiger charge is -2.23. The molecule has 1 aromatic carbocycles. The van der Waals surface area contributed by atoms with E-state index in [0.29, 0.717) is 5.75 Å². The summed E-state index contributed by atoms with van der Waals surface area (Å²) >= 11 is 0. The summed E-state index contributed by atoms with van der Waals surface area (Å²) in [6.07, 6.45) is 1.03. The van der Waals surface area contributed by atoms with Gasteiger partial charge in [0.05, 0.1) is 26.9 Å². The maximum Gasteiger partial charge on any atom is 0.204 e. The molecule has 0 aliphatic rings. The van der Waals surface area contributed by atoms with E-state index in [1.807, 2.05) is 0 Å². The number of benzene rings is 1. The first-order valence-corrected chi connectivity index (χ1v) is 8.04. The van der Waals surface area contributed by atoms with Gasteiger partial charge in [0.15, 0.2) is 27.1 Å². The summed E-state index contributed by atoms with van der Waals surface area (Å²) in [6.45, 7) is 2.72. The van der Waals surface area contributed by atoms with Gasteiger partial charge in [0, 0.05) is 6.26 Å². The van der Waals surface area contributed by atoms with Crippen LogP contribution < -0.4 is 14.2 Å². The van der Waals surface area contributed by atoms with Crippen LogP contribution in [0.15, 0.2) is 12.1 Å². The molecule has 0 amide bonds. The molecule has 0 saturated heterocycles. The minimum Gasteiger partial charge on any atom is -0.493 e. The van der Waals surface area contributed by atoms with Gasteiger partial charge < -0.3 is 14.2 Å². The van der Waals surface area contributed by atoms with Gasteiger partial charge in [-0.3, -0.25) is 4.79 Å². The Morgan fingerprint density at radius 3 is 1.90 bits per heavy atom. The summed E-state index contributed by atoms with van der Waals surface area (Å²) in [4.78, 5) is 12.6. The zero-order chi connectivity index (χ0) is 16.4. The number of rotatable bonds is 6. The zero-order valence-corrected chi connectivity index (χ0v) is 13.8. The third-order valence-corrected chi connectivity index (χ3v) is 5.46. The summed E-state index contributed by atoms with van der Waals surface area (Å²) in [5.41, 5.74) is 0.130. The smallest absolute Gasteiger partial charge is 0.204 e. The molecular formula is C14H20O6S. The summed E-state index contributed by atoms with van der Waals surface area (Å²) in [5.74, 6) is 0.222. The van der Waals surface area contributed by atoms with E-state index < -0.39 is 20.4 Å². The van der Waals surface area contributed by atoms with Crippen LogP contribution in [0.2, 0.25) is 0 Å². The summed E-state index contributed by atoms with van der Waals surface area (Å²) in [6, 6.07) is 3.00. The molecule has 0 saturated carbocycles. The Morgan fingerprint density at radius 2 is 1.52 bits per heavy atom. The molecule has 0 spiro atoms. The Kier molecular flexibility index (Phi) is 4.88. The maximum absolute atomic E-state index is 12.6. The number of hydrogen-bond donors (Lipinski definition) is 0. The van der Waals surface area contributed by atoms with Crippen molar-refractivity contribution in [3.63, 3.8) is 0 Å². The van der Waals surface area contributed by atoms with Gasteiger partial charge in [-0.1, -0.05) is 0 Å². The van der Waals surface area contributed by atoms with Gasteiger partial charge in [0.1, 0.15) is 4.75 Å². The Labute approximate surface area is 124 Å². The fourth-order valence-electron chi connectivity index (χ4n) is 1.77. The lowest BCUT2D eigenvalue weighted by atomic mass is 9.98. The number of Topliss-reactive ketones (excluding diaryl/α,β-unsaturated/α-hetero) is 1. The van der Waals surface area contributed by atoms with Gasteiger partial charge in [0.25, 0.3) is 0 Å². The standard InChI is InChI=1S/C14H20O6S/c1-14(2,21(6,16)17)13(15)9-7-8-10(18-3)12(20-5)11(9)19-4/h7-8H,1-6H3. The quantitative estimate of drug-likeness (QED) is 0.744. The molecule has 7 heteroatoms. The molecule has 0 heterocycles. The van der Waals surface area contributed by atoms with Crippen LogP contribution in [0.1, 0.15) is 24.2 Å². The minimum atomic E-state index is -3.59. The van der Waals surface area contributed by atoms with E-state index in [9.17, 15) is 13.2 Å². The van der Waals surface area contributed by atoms with Crippen molar-refractivity contribution in [2.24, 2.45) is 0 Å². The molecule has 0 aliphatic heterocycles. The monoisotopic (exact) mass is 316 g/mol. The van der Waals surface area contributed by atoms with Gasteiger partial charge in [-0.2, -0.15) is 0 Å². The second-order valence-corrected chi connectivity index (χ2v) is 7.56. The average Bonchev–Trinajstić information content (AvgIpc) is 2.43. The highest BCUT2D eigenvalue weighted by Gasteiger charge is 2.40. The van der Waals surface area contributed by atoms with Crippen molar-refractivity contribution in [2.75, 3.05) is 27.6 Å². The molecular weight excluding hydrogens is 296 g/mol. The number of sulfone groups is 1. The van der Waals surface area contributed by atoms with Gasteiger partial charge >= 0.3 is 0 Å². The van der Waals surface area contributed by atoms with Gasteiger partial charge in [0.2, 0.25) is 5.75 Å². The fourth-order valence-corrected chi connectivity index (χ4v) is 2.22. The predicted octanol–water partition coefficient (Wildman–Crippen LogP) is 1.72. The number of methoxy groups -OCH3 is 3. The first-order chi connectivity index (χ1) is 9.61. The van der Waals surface area contributed by atoms with Gasteiger partial charge in [-0.15, -0.1) is 0 Å². The van der Waals surface area contributed by atoms with Crippen LogP contribution in [0.4, 0.5) is 0 Å². The topological polar surface area (TPSA) is 78.9 Å². The van der Waals surface area contributed by atoms with Gasteiger partial charge in [-0.05, 0) is 26.0 Å².